The molecular weight excluding hydrogens is 330 g/mol. The number of anilines is 2. The maximum absolute atomic E-state index is 12.6. The van der Waals surface area contributed by atoms with Crippen LogP contribution in [0.2, 0.25) is 0 Å². The van der Waals surface area contributed by atoms with E-state index in [-0.39, 0.29) is 28.2 Å². The first-order chi connectivity index (χ1) is 11.3. The average Bonchev–Trinajstić information content (AvgIpc) is 2.55. The molecule has 2 aromatic rings. The summed E-state index contributed by atoms with van der Waals surface area (Å²) in [5.41, 5.74) is 6.18. The van der Waals surface area contributed by atoms with E-state index in [1.54, 1.807) is 0 Å². The summed E-state index contributed by atoms with van der Waals surface area (Å²) in [7, 11) is -3.69. The number of sulfone groups is 1. The van der Waals surface area contributed by atoms with Gasteiger partial charge in [0.25, 0.3) is 0 Å². The molecule has 0 fully saturated rings. The Morgan fingerprint density at radius 2 is 1.29 bits per heavy atom. The molecule has 2 amide bonds. The highest BCUT2D eigenvalue weighted by atomic mass is 32.2. The van der Waals surface area contributed by atoms with Crippen molar-refractivity contribution in [2.75, 3.05) is 17.2 Å². The van der Waals surface area contributed by atoms with E-state index in [0.29, 0.717) is 11.4 Å². The monoisotopic (exact) mass is 347 g/mol. The predicted molar refractivity (Wildman–Crippen MR) is 90.3 cm³/mol. The second-order valence-corrected chi connectivity index (χ2v) is 6.94. The molecule has 0 aliphatic carbocycles. The normalized spacial score (nSPS) is 10.9. The van der Waals surface area contributed by atoms with E-state index < -0.39 is 9.84 Å². The fourth-order valence-corrected chi connectivity index (χ4v) is 3.25. The topological polar surface area (TPSA) is 118 Å². The van der Waals surface area contributed by atoms with Gasteiger partial charge in [-0.25, -0.2) is 8.42 Å². The number of amides is 2. The van der Waals surface area contributed by atoms with E-state index in [1.807, 2.05) is 0 Å². The zero-order valence-electron chi connectivity index (χ0n) is 12.9. The van der Waals surface area contributed by atoms with Crippen LogP contribution in [0.15, 0.2) is 58.3 Å². The van der Waals surface area contributed by atoms with Crippen LogP contribution in [0, 0.1) is 0 Å². The standard InChI is InChI=1S/C16H17N3O4S/c1-11(20)18-12-2-6-14(7-3-12)24(22,23)15-8-4-13(5-9-15)19-16(21)10-17/h2-9H,10,17H2,1H3,(H,18,20)(H,19,21). The lowest BCUT2D eigenvalue weighted by molar-refractivity contribution is -0.115. The summed E-state index contributed by atoms with van der Waals surface area (Å²) in [6, 6.07) is 11.7. The summed E-state index contributed by atoms with van der Waals surface area (Å²) in [5.74, 6) is -0.597. The highest BCUT2D eigenvalue weighted by Gasteiger charge is 2.17. The van der Waals surface area contributed by atoms with E-state index >= 15 is 0 Å². The highest BCUT2D eigenvalue weighted by molar-refractivity contribution is 7.91. The van der Waals surface area contributed by atoms with E-state index in [9.17, 15) is 18.0 Å². The minimum atomic E-state index is -3.69. The number of carbonyl (C=O) groups excluding carboxylic acids is 2. The minimum Gasteiger partial charge on any atom is -0.326 e. The van der Waals surface area contributed by atoms with E-state index in [0.717, 1.165) is 0 Å². The van der Waals surface area contributed by atoms with Crippen LogP contribution in [-0.2, 0) is 19.4 Å². The number of rotatable bonds is 5. The first-order valence-corrected chi connectivity index (χ1v) is 8.54. The van der Waals surface area contributed by atoms with Crippen LogP contribution in [-0.4, -0.2) is 26.8 Å². The summed E-state index contributed by atoms with van der Waals surface area (Å²) in [4.78, 5) is 22.4. The van der Waals surface area contributed by atoms with Crippen molar-refractivity contribution in [1.29, 1.82) is 0 Å². The van der Waals surface area contributed by atoms with E-state index in [4.69, 9.17) is 5.73 Å². The van der Waals surface area contributed by atoms with Gasteiger partial charge in [-0.3, -0.25) is 9.59 Å². The average molecular weight is 347 g/mol. The van der Waals surface area contributed by atoms with Crippen molar-refractivity contribution < 1.29 is 18.0 Å². The minimum absolute atomic E-state index is 0.0977. The van der Waals surface area contributed by atoms with Crippen molar-refractivity contribution in [2.45, 2.75) is 16.7 Å². The Hall–Kier alpha value is -2.71. The van der Waals surface area contributed by atoms with Crippen molar-refractivity contribution in [1.82, 2.24) is 0 Å². The summed E-state index contributed by atoms with van der Waals surface area (Å²) in [6.07, 6.45) is 0. The lowest BCUT2D eigenvalue weighted by Gasteiger charge is -2.08. The van der Waals surface area contributed by atoms with Crippen molar-refractivity contribution in [2.24, 2.45) is 5.73 Å². The van der Waals surface area contributed by atoms with Crippen molar-refractivity contribution in [3.63, 3.8) is 0 Å². The molecule has 24 heavy (non-hydrogen) atoms. The zero-order valence-corrected chi connectivity index (χ0v) is 13.8. The summed E-state index contributed by atoms with van der Waals surface area (Å²) >= 11 is 0. The predicted octanol–water partition coefficient (Wildman–Crippen LogP) is 1.37. The van der Waals surface area contributed by atoms with E-state index in [2.05, 4.69) is 10.6 Å². The van der Waals surface area contributed by atoms with Gasteiger partial charge in [-0.2, -0.15) is 0 Å². The number of benzene rings is 2. The fraction of sp³-hybridized carbons (Fsp3) is 0.125. The first-order valence-electron chi connectivity index (χ1n) is 7.05. The molecule has 0 unspecified atom stereocenters. The van der Waals surface area contributed by atoms with Crippen LogP contribution in [0.5, 0.6) is 0 Å². The fourth-order valence-electron chi connectivity index (χ4n) is 1.99. The summed E-state index contributed by atoms with van der Waals surface area (Å²) < 4.78 is 25.1. The number of nitrogens with two attached hydrogens (primary N) is 1. The molecule has 0 atom stereocenters. The Morgan fingerprint density at radius 1 is 0.875 bits per heavy atom. The molecule has 2 rings (SSSR count). The van der Waals surface area contributed by atoms with Crippen LogP contribution in [0.4, 0.5) is 11.4 Å². The number of hydrogen-bond acceptors (Lipinski definition) is 5. The van der Waals surface area contributed by atoms with Gasteiger partial charge in [0.2, 0.25) is 21.7 Å². The van der Waals surface area contributed by atoms with Gasteiger partial charge in [0, 0.05) is 18.3 Å². The Labute approximate surface area is 139 Å². The lowest BCUT2D eigenvalue weighted by atomic mass is 10.3. The second kappa shape index (κ2) is 7.24. The molecule has 126 valence electrons. The van der Waals surface area contributed by atoms with Gasteiger partial charge in [0.15, 0.2) is 0 Å². The molecule has 0 radical (unpaired) electrons. The Balaban J connectivity index is 2.23. The third-order valence-electron chi connectivity index (χ3n) is 3.12. The van der Waals surface area contributed by atoms with Crippen molar-refractivity contribution in [3.8, 4) is 0 Å². The molecule has 8 heteroatoms. The molecule has 0 heterocycles. The van der Waals surface area contributed by atoms with Gasteiger partial charge in [-0.1, -0.05) is 0 Å². The molecule has 0 aliphatic heterocycles. The molecule has 0 saturated heterocycles. The third kappa shape index (κ3) is 4.18. The molecule has 0 aliphatic rings. The zero-order chi connectivity index (χ0) is 17.7. The van der Waals surface area contributed by atoms with Crippen LogP contribution < -0.4 is 16.4 Å². The molecule has 0 aromatic heterocycles. The molecule has 2 aromatic carbocycles. The van der Waals surface area contributed by atoms with Gasteiger partial charge in [0.05, 0.1) is 16.3 Å². The molecule has 0 saturated carbocycles. The molecule has 7 nitrogen and oxygen atoms in total. The Morgan fingerprint density at radius 3 is 1.67 bits per heavy atom. The van der Waals surface area contributed by atoms with Gasteiger partial charge in [-0.15, -0.1) is 0 Å². The van der Waals surface area contributed by atoms with Gasteiger partial charge < -0.3 is 16.4 Å². The lowest BCUT2D eigenvalue weighted by Crippen LogP contribution is -2.21. The van der Waals surface area contributed by atoms with E-state index in [1.165, 1.54) is 55.5 Å². The highest BCUT2D eigenvalue weighted by Crippen LogP contribution is 2.23. The molecular formula is C16H17N3O4S. The summed E-state index contributed by atoms with van der Waals surface area (Å²) in [5, 5.41) is 5.11. The smallest absolute Gasteiger partial charge is 0.238 e. The first kappa shape index (κ1) is 17.6. The maximum atomic E-state index is 12.6. The third-order valence-corrected chi connectivity index (χ3v) is 4.90. The van der Waals surface area contributed by atoms with Gasteiger partial charge in [0.1, 0.15) is 0 Å². The molecule has 0 bridgehead atoms. The van der Waals surface area contributed by atoms with Crippen LogP contribution in [0.25, 0.3) is 0 Å². The number of carbonyl (C=O) groups is 2. The Bertz CT molecular complexity index is 844. The van der Waals surface area contributed by atoms with Gasteiger partial charge in [-0.05, 0) is 48.5 Å². The SMILES string of the molecule is CC(=O)Nc1ccc(S(=O)(=O)c2ccc(NC(=O)CN)cc2)cc1. The largest absolute Gasteiger partial charge is 0.326 e. The quantitative estimate of drug-likeness (QED) is 0.755. The molecule has 0 spiro atoms. The number of nitrogens with one attached hydrogen (secondary N) is 2. The van der Waals surface area contributed by atoms with Crippen LogP contribution >= 0.6 is 0 Å². The molecule has 4 N–H and O–H groups in total. The van der Waals surface area contributed by atoms with Crippen LogP contribution in [0.3, 0.4) is 0 Å². The van der Waals surface area contributed by atoms with Gasteiger partial charge >= 0.3 is 0 Å². The summed E-state index contributed by atoms with van der Waals surface area (Å²) in [6.45, 7) is 1.22. The van der Waals surface area contributed by atoms with Crippen LogP contribution in [0.1, 0.15) is 6.92 Å². The van der Waals surface area contributed by atoms with Crippen molar-refractivity contribution in [3.05, 3.63) is 48.5 Å². The Kier molecular flexibility index (Phi) is 5.32. The van der Waals surface area contributed by atoms with Crippen molar-refractivity contribution >= 4 is 33.0 Å². The number of hydrogen-bond donors (Lipinski definition) is 3. The second-order valence-electron chi connectivity index (χ2n) is 4.99. The maximum Gasteiger partial charge on any atom is 0.238 e.